The average molecular weight is 471 g/mol. The summed E-state index contributed by atoms with van der Waals surface area (Å²) in [4.78, 5) is 14.1. The molecule has 0 aromatic heterocycles. The summed E-state index contributed by atoms with van der Waals surface area (Å²) in [5.41, 5.74) is 3.83. The van der Waals surface area contributed by atoms with Crippen molar-refractivity contribution in [2.24, 2.45) is 0 Å². The molecule has 0 bridgehead atoms. The Morgan fingerprint density at radius 2 is 2.00 bits per heavy atom. The molecule has 0 unspecified atom stereocenters. The fourth-order valence-electron chi connectivity index (χ4n) is 4.58. The van der Waals surface area contributed by atoms with E-state index in [2.05, 4.69) is 11.4 Å². The van der Waals surface area contributed by atoms with Crippen LogP contribution in [-0.4, -0.2) is 78.2 Å². The fraction of sp³-hybridized carbons (Fsp3) is 0.500. The first-order valence-electron chi connectivity index (χ1n) is 12.0. The quantitative estimate of drug-likeness (QED) is 0.438. The summed E-state index contributed by atoms with van der Waals surface area (Å²) in [6.07, 6.45) is 2.38. The Morgan fingerprint density at radius 1 is 1.18 bits per heavy atom. The maximum Gasteiger partial charge on any atom is 0.260 e. The van der Waals surface area contributed by atoms with Crippen LogP contribution in [0, 0.1) is 0 Å². The minimum Gasteiger partial charge on any atom is -0.508 e. The SMILES string of the molecule is O=C(COc1ccc2c(c1)C[C@@H](NC[C@H](O)c1ccc(O)c(CCO)c1)CC2)N1CCOCC1. The number of rotatable bonds is 9. The summed E-state index contributed by atoms with van der Waals surface area (Å²) in [5, 5.41) is 33.1. The minimum absolute atomic E-state index is 0.0223. The second-order valence-electron chi connectivity index (χ2n) is 8.94. The summed E-state index contributed by atoms with van der Waals surface area (Å²) in [6, 6.07) is 11.3. The smallest absolute Gasteiger partial charge is 0.260 e. The number of benzene rings is 2. The number of hydrogen-bond acceptors (Lipinski definition) is 7. The molecule has 184 valence electrons. The summed E-state index contributed by atoms with van der Waals surface area (Å²) in [6.45, 7) is 2.73. The maximum absolute atomic E-state index is 12.3. The molecule has 8 nitrogen and oxygen atoms in total. The number of morpholine rings is 1. The van der Waals surface area contributed by atoms with Gasteiger partial charge in [-0.15, -0.1) is 0 Å². The van der Waals surface area contributed by atoms with Gasteiger partial charge in [0.05, 0.1) is 19.3 Å². The predicted octanol–water partition coefficient (Wildman–Crippen LogP) is 1.35. The van der Waals surface area contributed by atoms with E-state index in [-0.39, 0.29) is 30.9 Å². The number of carbonyl (C=O) groups excluding carboxylic acids is 1. The topological polar surface area (TPSA) is 111 Å². The van der Waals surface area contributed by atoms with E-state index in [9.17, 15) is 15.0 Å². The Labute approximate surface area is 200 Å². The second kappa shape index (κ2) is 11.7. The largest absolute Gasteiger partial charge is 0.508 e. The van der Waals surface area contributed by atoms with Gasteiger partial charge in [0.25, 0.3) is 5.91 Å². The molecule has 0 spiro atoms. The molecule has 2 atom stereocenters. The van der Waals surface area contributed by atoms with Crippen LogP contribution in [0.2, 0.25) is 0 Å². The van der Waals surface area contributed by atoms with E-state index < -0.39 is 6.10 Å². The zero-order valence-corrected chi connectivity index (χ0v) is 19.4. The Kier molecular flexibility index (Phi) is 8.39. The summed E-state index contributed by atoms with van der Waals surface area (Å²) in [5.74, 6) is 0.805. The molecule has 1 heterocycles. The number of aliphatic hydroxyl groups is 2. The molecule has 34 heavy (non-hydrogen) atoms. The molecule has 1 saturated heterocycles. The van der Waals surface area contributed by atoms with Gasteiger partial charge in [-0.3, -0.25) is 4.79 Å². The van der Waals surface area contributed by atoms with Crippen LogP contribution >= 0.6 is 0 Å². The van der Waals surface area contributed by atoms with Crippen molar-refractivity contribution >= 4 is 5.91 Å². The molecule has 1 aliphatic carbocycles. The van der Waals surface area contributed by atoms with Crippen molar-refractivity contribution in [2.75, 3.05) is 46.1 Å². The number of phenols is 1. The van der Waals surface area contributed by atoms with Crippen LogP contribution < -0.4 is 10.1 Å². The molecular formula is C26H34N2O6. The zero-order valence-electron chi connectivity index (χ0n) is 19.4. The predicted molar refractivity (Wildman–Crippen MR) is 127 cm³/mol. The monoisotopic (exact) mass is 470 g/mol. The van der Waals surface area contributed by atoms with Crippen LogP contribution in [-0.2, 0) is 28.8 Å². The molecule has 4 N–H and O–H groups in total. The molecule has 0 saturated carbocycles. The summed E-state index contributed by atoms with van der Waals surface area (Å²) in [7, 11) is 0. The molecule has 2 aromatic rings. The highest BCUT2D eigenvalue weighted by molar-refractivity contribution is 5.77. The van der Waals surface area contributed by atoms with Gasteiger partial charge in [-0.05, 0) is 72.2 Å². The van der Waals surface area contributed by atoms with Crippen molar-refractivity contribution in [1.82, 2.24) is 10.2 Å². The Bertz CT molecular complexity index is 976. The number of fused-ring (bicyclic) bond motifs is 1. The lowest BCUT2D eigenvalue weighted by molar-refractivity contribution is -0.137. The van der Waals surface area contributed by atoms with Crippen LogP contribution in [0.1, 0.15) is 34.8 Å². The first-order valence-corrected chi connectivity index (χ1v) is 12.0. The van der Waals surface area contributed by atoms with Crippen LogP contribution in [0.25, 0.3) is 0 Å². The summed E-state index contributed by atoms with van der Waals surface area (Å²) >= 11 is 0. The molecule has 0 radical (unpaired) electrons. The Balaban J connectivity index is 1.29. The molecule has 1 fully saturated rings. The van der Waals surface area contributed by atoms with E-state index in [1.807, 2.05) is 12.1 Å². The third kappa shape index (κ3) is 6.27. The molecule has 8 heteroatoms. The van der Waals surface area contributed by atoms with Gasteiger partial charge in [0.15, 0.2) is 6.61 Å². The third-order valence-electron chi connectivity index (χ3n) is 6.60. The highest BCUT2D eigenvalue weighted by Gasteiger charge is 2.21. The molecule has 4 rings (SSSR count). The van der Waals surface area contributed by atoms with E-state index in [0.717, 1.165) is 19.3 Å². The van der Waals surface area contributed by atoms with Gasteiger partial charge in [-0.1, -0.05) is 12.1 Å². The van der Waals surface area contributed by atoms with Crippen molar-refractivity contribution < 1.29 is 29.6 Å². The van der Waals surface area contributed by atoms with Gasteiger partial charge in [0.2, 0.25) is 0 Å². The van der Waals surface area contributed by atoms with Crippen molar-refractivity contribution in [3.63, 3.8) is 0 Å². The fourth-order valence-corrected chi connectivity index (χ4v) is 4.58. The third-order valence-corrected chi connectivity index (χ3v) is 6.60. The first kappa shape index (κ1) is 24.5. The van der Waals surface area contributed by atoms with Crippen molar-refractivity contribution in [1.29, 1.82) is 0 Å². The normalized spacial score (nSPS) is 18.9. The summed E-state index contributed by atoms with van der Waals surface area (Å²) < 4.78 is 11.1. The number of nitrogens with zero attached hydrogens (tertiary/aromatic N) is 1. The molecule has 2 aromatic carbocycles. The van der Waals surface area contributed by atoms with Crippen LogP contribution in [0.15, 0.2) is 36.4 Å². The number of aryl methyl sites for hydroxylation is 1. The van der Waals surface area contributed by atoms with E-state index >= 15 is 0 Å². The van der Waals surface area contributed by atoms with Gasteiger partial charge in [0.1, 0.15) is 11.5 Å². The number of phenolic OH excluding ortho intramolecular Hbond substituents is 1. The standard InChI is InChI=1S/C26H34N2O6/c29-10-7-20-13-19(3-6-24(20)30)25(31)16-27-22-4-1-18-2-5-23(15-21(18)14-22)34-17-26(32)28-8-11-33-12-9-28/h2-3,5-6,13,15,22,25,27,29-31H,1,4,7-12,14,16-17H2/t22-,25-/m0/s1. The van der Waals surface area contributed by atoms with Crippen molar-refractivity contribution in [3.05, 3.63) is 58.7 Å². The molecular weight excluding hydrogens is 436 g/mol. The highest BCUT2D eigenvalue weighted by atomic mass is 16.5. The second-order valence-corrected chi connectivity index (χ2v) is 8.94. The van der Waals surface area contributed by atoms with E-state index in [0.29, 0.717) is 56.1 Å². The lowest BCUT2D eigenvalue weighted by Crippen LogP contribution is -2.43. The van der Waals surface area contributed by atoms with Crippen molar-refractivity contribution in [2.45, 2.75) is 37.8 Å². The number of aliphatic hydroxyl groups excluding tert-OH is 2. The van der Waals surface area contributed by atoms with Crippen LogP contribution in [0.5, 0.6) is 11.5 Å². The minimum atomic E-state index is -0.708. The van der Waals surface area contributed by atoms with Gasteiger partial charge in [-0.2, -0.15) is 0 Å². The van der Waals surface area contributed by atoms with Gasteiger partial charge < -0.3 is 35.0 Å². The van der Waals surface area contributed by atoms with Crippen LogP contribution in [0.4, 0.5) is 0 Å². The number of hydrogen-bond donors (Lipinski definition) is 4. The number of amides is 1. The van der Waals surface area contributed by atoms with E-state index in [4.69, 9.17) is 14.6 Å². The van der Waals surface area contributed by atoms with Gasteiger partial charge in [0, 0.05) is 32.3 Å². The average Bonchev–Trinajstić information content (AvgIpc) is 2.87. The van der Waals surface area contributed by atoms with Gasteiger partial charge >= 0.3 is 0 Å². The zero-order chi connectivity index (χ0) is 23.9. The van der Waals surface area contributed by atoms with E-state index in [1.165, 1.54) is 11.1 Å². The number of aromatic hydroxyl groups is 1. The van der Waals surface area contributed by atoms with Crippen LogP contribution in [0.3, 0.4) is 0 Å². The maximum atomic E-state index is 12.3. The number of carbonyl (C=O) groups is 1. The first-order chi connectivity index (χ1) is 16.5. The Hall–Kier alpha value is -2.65. The Morgan fingerprint density at radius 3 is 2.79 bits per heavy atom. The number of nitrogens with one attached hydrogen (secondary N) is 1. The van der Waals surface area contributed by atoms with Gasteiger partial charge in [-0.25, -0.2) is 0 Å². The molecule has 1 aliphatic heterocycles. The molecule has 2 aliphatic rings. The lowest BCUT2D eigenvalue weighted by atomic mass is 9.88. The molecule has 1 amide bonds. The highest BCUT2D eigenvalue weighted by Crippen LogP contribution is 2.27. The van der Waals surface area contributed by atoms with Crippen molar-refractivity contribution in [3.8, 4) is 11.5 Å². The van der Waals surface area contributed by atoms with E-state index in [1.54, 1.807) is 23.1 Å². The lowest BCUT2D eigenvalue weighted by Gasteiger charge is -2.28. The number of ether oxygens (including phenoxy) is 2.